The maximum absolute atomic E-state index is 13.8. The monoisotopic (exact) mass is 417 g/mol. The average Bonchev–Trinajstić information content (AvgIpc) is 3.15. The minimum Gasteiger partial charge on any atom is -0.493 e. The number of imide groups is 1. The second kappa shape index (κ2) is 9.41. The van der Waals surface area contributed by atoms with Crippen LogP contribution in [0.2, 0.25) is 0 Å². The highest BCUT2D eigenvalue weighted by molar-refractivity contribution is 5.97. The number of rotatable bonds is 7. The molecular weight excluding hydrogens is 386 g/mol. The normalized spacial score (nSPS) is 22.1. The number of hydrogen-bond acceptors (Lipinski definition) is 6. The Bertz CT molecular complexity index is 793. The van der Waals surface area contributed by atoms with E-state index in [1.54, 1.807) is 33.5 Å². The molecule has 1 aliphatic heterocycles. The number of nitrogens with zero attached hydrogens (tertiary/aromatic N) is 1. The molecule has 7 heteroatoms. The summed E-state index contributed by atoms with van der Waals surface area (Å²) in [5, 5.41) is 0. The molecular formula is C23H31NO6. The third-order valence-corrected chi connectivity index (χ3v) is 5.94. The van der Waals surface area contributed by atoms with Gasteiger partial charge in [0.1, 0.15) is 6.61 Å². The van der Waals surface area contributed by atoms with Crippen LogP contribution in [-0.2, 0) is 9.53 Å². The van der Waals surface area contributed by atoms with Crippen molar-refractivity contribution in [3.05, 3.63) is 29.8 Å². The number of cyclic esters (lactones) is 1. The number of benzene rings is 1. The van der Waals surface area contributed by atoms with E-state index in [-0.39, 0.29) is 30.4 Å². The van der Waals surface area contributed by atoms with Crippen LogP contribution in [0.4, 0.5) is 4.79 Å². The van der Waals surface area contributed by atoms with Gasteiger partial charge in [0, 0.05) is 0 Å². The maximum Gasteiger partial charge on any atom is 0.417 e. The fourth-order valence-corrected chi connectivity index (χ4v) is 4.30. The van der Waals surface area contributed by atoms with Gasteiger partial charge in [0.05, 0.1) is 33.3 Å². The highest BCUT2D eigenvalue weighted by Gasteiger charge is 2.44. The number of ether oxygens (including phenoxy) is 4. The molecule has 0 unspecified atom stereocenters. The van der Waals surface area contributed by atoms with Gasteiger partial charge >= 0.3 is 6.09 Å². The lowest BCUT2D eigenvalue weighted by molar-refractivity contribution is -0.132. The van der Waals surface area contributed by atoms with Crippen molar-refractivity contribution in [1.29, 1.82) is 0 Å². The first-order valence-electron chi connectivity index (χ1n) is 10.4. The molecule has 2 amide bonds. The van der Waals surface area contributed by atoms with E-state index in [0.29, 0.717) is 17.2 Å². The highest BCUT2D eigenvalue weighted by atomic mass is 16.6. The lowest BCUT2D eigenvalue weighted by Crippen LogP contribution is -2.45. The Labute approximate surface area is 177 Å². The molecule has 30 heavy (non-hydrogen) atoms. The summed E-state index contributed by atoms with van der Waals surface area (Å²) in [5.41, 5.74) is 0.730. The number of methoxy groups -OCH3 is 3. The Morgan fingerprint density at radius 3 is 2.30 bits per heavy atom. The Kier molecular flexibility index (Phi) is 6.90. The van der Waals surface area contributed by atoms with Gasteiger partial charge in [-0.25, -0.2) is 9.69 Å². The van der Waals surface area contributed by atoms with Crippen LogP contribution in [0, 0.1) is 11.8 Å². The molecule has 164 valence electrons. The predicted octanol–water partition coefficient (Wildman–Crippen LogP) is 4.16. The first kappa shape index (κ1) is 22.0. The summed E-state index contributed by atoms with van der Waals surface area (Å²) in [6, 6.07) is 3.33. The lowest BCUT2D eigenvalue weighted by Gasteiger charge is -2.32. The molecule has 1 fully saturated rings. The van der Waals surface area contributed by atoms with E-state index in [1.165, 1.54) is 4.90 Å². The molecule has 1 heterocycles. The van der Waals surface area contributed by atoms with Crippen molar-refractivity contribution in [2.75, 3.05) is 27.9 Å². The predicted molar refractivity (Wildman–Crippen MR) is 112 cm³/mol. The number of hydrogen-bond donors (Lipinski definition) is 0. The number of amides is 2. The van der Waals surface area contributed by atoms with Crippen molar-refractivity contribution in [1.82, 2.24) is 4.90 Å². The second-order valence-electron chi connectivity index (χ2n) is 8.06. The summed E-state index contributed by atoms with van der Waals surface area (Å²) in [5.74, 6) is 0.694. The summed E-state index contributed by atoms with van der Waals surface area (Å²) in [7, 11) is 4.64. The zero-order valence-corrected chi connectivity index (χ0v) is 18.3. The van der Waals surface area contributed by atoms with Crippen LogP contribution in [0.3, 0.4) is 0 Å². The maximum atomic E-state index is 13.8. The third kappa shape index (κ3) is 4.11. The van der Waals surface area contributed by atoms with Crippen molar-refractivity contribution in [2.45, 2.75) is 45.1 Å². The van der Waals surface area contributed by atoms with E-state index < -0.39 is 12.0 Å². The number of carbonyl (C=O) groups is 2. The molecule has 0 spiro atoms. The van der Waals surface area contributed by atoms with Crippen LogP contribution in [0.15, 0.2) is 24.3 Å². The van der Waals surface area contributed by atoms with Gasteiger partial charge in [0.15, 0.2) is 11.5 Å². The summed E-state index contributed by atoms with van der Waals surface area (Å²) in [6.45, 7) is 4.20. The van der Waals surface area contributed by atoms with Crippen molar-refractivity contribution in [3.63, 3.8) is 0 Å². The standard InChI is InChI=1S/C23H31NO6/c1-14(2)17-13-30-23(26)24(17)22(25)20(15-9-7-6-8-10-15)16-11-18(27-3)21(29-5)19(12-16)28-4/h7,9,11-12,14-15,17,20H,6,8,10,13H2,1-5H3/t15-,17+,20-/m0/s1. The average molecular weight is 418 g/mol. The molecule has 1 aromatic carbocycles. The fourth-order valence-electron chi connectivity index (χ4n) is 4.30. The number of allylic oxidation sites excluding steroid dienone is 2. The largest absolute Gasteiger partial charge is 0.493 e. The van der Waals surface area contributed by atoms with E-state index in [4.69, 9.17) is 18.9 Å². The summed E-state index contributed by atoms with van der Waals surface area (Å²) >= 11 is 0. The molecule has 2 aliphatic rings. The van der Waals surface area contributed by atoms with E-state index in [1.807, 2.05) is 13.8 Å². The topological polar surface area (TPSA) is 74.3 Å². The Balaban J connectivity index is 2.10. The van der Waals surface area contributed by atoms with Gasteiger partial charge in [0.2, 0.25) is 11.7 Å². The number of carbonyl (C=O) groups excluding carboxylic acids is 2. The summed E-state index contributed by atoms with van der Waals surface area (Å²) in [6.07, 6.45) is 6.46. The van der Waals surface area contributed by atoms with Gasteiger partial charge < -0.3 is 18.9 Å². The Morgan fingerprint density at radius 1 is 1.13 bits per heavy atom. The molecule has 1 aliphatic carbocycles. The molecule has 0 bridgehead atoms. The molecule has 1 aromatic rings. The first-order chi connectivity index (χ1) is 14.4. The molecule has 1 saturated heterocycles. The smallest absolute Gasteiger partial charge is 0.417 e. The zero-order valence-electron chi connectivity index (χ0n) is 18.3. The van der Waals surface area contributed by atoms with Crippen molar-refractivity contribution < 1.29 is 28.5 Å². The van der Waals surface area contributed by atoms with Gasteiger partial charge in [-0.3, -0.25) is 4.79 Å². The Morgan fingerprint density at radius 2 is 1.80 bits per heavy atom. The van der Waals surface area contributed by atoms with E-state index in [0.717, 1.165) is 24.8 Å². The van der Waals surface area contributed by atoms with Gasteiger partial charge in [-0.2, -0.15) is 0 Å². The molecule has 0 aromatic heterocycles. The molecule has 3 rings (SSSR count). The zero-order chi connectivity index (χ0) is 21.8. The first-order valence-corrected chi connectivity index (χ1v) is 10.4. The highest BCUT2D eigenvalue weighted by Crippen LogP contribution is 2.44. The molecule has 0 N–H and O–H groups in total. The van der Waals surface area contributed by atoms with Crippen LogP contribution in [-0.4, -0.2) is 50.9 Å². The SMILES string of the molecule is COc1cc([C@@H](C(=O)N2C(=O)OC[C@@H]2C(C)C)[C@H]2C=CCCC2)cc(OC)c1OC. The van der Waals surface area contributed by atoms with E-state index in [9.17, 15) is 9.59 Å². The second-order valence-corrected chi connectivity index (χ2v) is 8.06. The summed E-state index contributed by atoms with van der Waals surface area (Å²) < 4.78 is 21.7. The fraction of sp³-hybridized carbons (Fsp3) is 0.565. The quantitative estimate of drug-likeness (QED) is 0.621. The van der Waals surface area contributed by atoms with Crippen LogP contribution >= 0.6 is 0 Å². The van der Waals surface area contributed by atoms with Crippen LogP contribution in [0.1, 0.15) is 44.6 Å². The molecule has 3 atom stereocenters. The van der Waals surface area contributed by atoms with Crippen molar-refractivity contribution in [3.8, 4) is 17.2 Å². The minimum atomic E-state index is -0.573. The van der Waals surface area contributed by atoms with Crippen LogP contribution < -0.4 is 14.2 Å². The van der Waals surface area contributed by atoms with Gasteiger partial charge in [0.25, 0.3) is 0 Å². The molecule has 0 radical (unpaired) electrons. The van der Waals surface area contributed by atoms with E-state index >= 15 is 0 Å². The van der Waals surface area contributed by atoms with Crippen LogP contribution in [0.25, 0.3) is 0 Å². The Hall–Kier alpha value is -2.70. The summed E-state index contributed by atoms with van der Waals surface area (Å²) in [4.78, 5) is 27.6. The van der Waals surface area contributed by atoms with Gasteiger partial charge in [-0.15, -0.1) is 0 Å². The lowest BCUT2D eigenvalue weighted by atomic mass is 9.79. The molecule has 0 saturated carbocycles. The van der Waals surface area contributed by atoms with E-state index in [2.05, 4.69) is 12.2 Å². The van der Waals surface area contributed by atoms with Gasteiger partial charge in [-0.05, 0) is 48.8 Å². The van der Waals surface area contributed by atoms with Crippen molar-refractivity contribution in [2.24, 2.45) is 11.8 Å². The van der Waals surface area contributed by atoms with Crippen LogP contribution in [0.5, 0.6) is 17.2 Å². The van der Waals surface area contributed by atoms with Crippen molar-refractivity contribution >= 4 is 12.0 Å². The minimum absolute atomic E-state index is 0.0322. The third-order valence-electron chi connectivity index (χ3n) is 5.94. The van der Waals surface area contributed by atoms with Gasteiger partial charge in [-0.1, -0.05) is 26.0 Å². The molecule has 7 nitrogen and oxygen atoms in total.